The lowest BCUT2D eigenvalue weighted by molar-refractivity contribution is -0.494. The third-order valence-electron chi connectivity index (χ3n) is 8.92. The number of carboxylic acids is 2. The molecule has 316 valence electrons. The molecule has 3 amide bonds. The highest BCUT2D eigenvalue weighted by Gasteiger charge is 2.30. The molecule has 0 saturated heterocycles. The Balaban J connectivity index is 2.56. The Hall–Kier alpha value is -4.36. The Labute approximate surface area is 322 Å². The molecule has 2 bridgehead atoms. The molecule has 22 nitrogen and oxygen atoms in total. The molecule has 2 rings (SSSR count). The van der Waals surface area contributed by atoms with E-state index < -0.39 is 118 Å². The van der Waals surface area contributed by atoms with E-state index in [-0.39, 0.29) is 58.1 Å². The predicted molar refractivity (Wildman–Crippen MR) is 185 cm³/mol. The first kappa shape index (κ1) is 47.8. The van der Waals surface area contributed by atoms with E-state index in [1.165, 1.54) is 14.7 Å². The molecule has 1 aromatic heterocycles. The minimum Gasteiger partial charge on any atom is -0.830 e. The summed E-state index contributed by atoms with van der Waals surface area (Å²) < 4.78 is 0. The fourth-order valence-corrected chi connectivity index (χ4v) is 5.71. The number of aromatic nitrogens is 1. The van der Waals surface area contributed by atoms with E-state index in [4.69, 9.17) is 15.3 Å². The van der Waals surface area contributed by atoms with E-state index >= 15 is 0 Å². The summed E-state index contributed by atoms with van der Waals surface area (Å²) in [6, 6.07) is 1.62. The molecule has 2 heterocycles. The van der Waals surface area contributed by atoms with Crippen LogP contribution >= 0.6 is 0 Å². The number of hydrogen-bond donors (Lipinski definition) is 10. The molecule has 10 N–H and O–H groups in total. The van der Waals surface area contributed by atoms with Crippen molar-refractivity contribution in [1.82, 2.24) is 35.6 Å². The second-order valence-electron chi connectivity index (χ2n) is 13.2. The SMILES string of the molecule is C=C(C(CC(=O)NCC(O)CO)C(=O)[O-])N1CCN(C(CC(=O)NCC(O)CO)C(=O)[O-])CCN(C(CC(=O)NCC(O)CO)C([O-])O)Cc2cccc(n2)C1. The van der Waals surface area contributed by atoms with Gasteiger partial charge in [0.2, 0.25) is 17.7 Å². The quantitative estimate of drug-likeness (QED) is 0.0487. The van der Waals surface area contributed by atoms with Gasteiger partial charge in [0, 0.05) is 89.3 Å². The van der Waals surface area contributed by atoms with Gasteiger partial charge >= 0.3 is 0 Å². The number of amides is 3. The molecule has 0 aliphatic carbocycles. The van der Waals surface area contributed by atoms with Gasteiger partial charge in [-0.1, -0.05) is 12.6 Å². The molecule has 0 aromatic carbocycles. The van der Waals surface area contributed by atoms with Crippen molar-refractivity contribution < 1.29 is 75.0 Å². The van der Waals surface area contributed by atoms with Crippen molar-refractivity contribution in [2.75, 3.05) is 65.6 Å². The van der Waals surface area contributed by atoms with Crippen LogP contribution < -0.4 is 31.3 Å². The second-order valence-corrected chi connectivity index (χ2v) is 13.2. The molecule has 56 heavy (non-hydrogen) atoms. The number of aliphatic carboxylic acids is 2. The van der Waals surface area contributed by atoms with E-state index in [1.807, 2.05) is 0 Å². The van der Waals surface area contributed by atoms with Crippen molar-refractivity contribution in [2.45, 2.75) is 69.0 Å². The molecule has 0 fully saturated rings. The molecule has 1 aliphatic rings. The summed E-state index contributed by atoms with van der Waals surface area (Å²) >= 11 is 0. The maximum Gasteiger partial charge on any atom is 0.222 e. The smallest absolute Gasteiger partial charge is 0.222 e. The van der Waals surface area contributed by atoms with E-state index in [0.717, 1.165) is 0 Å². The van der Waals surface area contributed by atoms with E-state index in [9.17, 15) is 59.7 Å². The number of carboxylic acid groups (broad SMARTS) is 2. The highest BCUT2D eigenvalue weighted by Crippen LogP contribution is 2.22. The van der Waals surface area contributed by atoms with Crippen LogP contribution in [0.25, 0.3) is 0 Å². The van der Waals surface area contributed by atoms with E-state index in [2.05, 4.69) is 27.5 Å². The summed E-state index contributed by atoms with van der Waals surface area (Å²) in [6.07, 6.45) is -8.30. The van der Waals surface area contributed by atoms with Gasteiger partial charge in [-0.15, -0.1) is 0 Å². The molecule has 0 spiro atoms. The van der Waals surface area contributed by atoms with Gasteiger partial charge in [0.05, 0.1) is 74.0 Å². The van der Waals surface area contributed by atoms with Gasteiger partial charge in [-0.2, -0.15) is 0 Å². The summed E-state index contributed by atoms with van der Waals surface area (Å²) in [5.74, 6) is -7.45. The molecule has 7 atom stereocenters. The van der Waals surface area contributed by atoms with Crippen LogP contribution in [-0.2, 0) is 37.1 Å². The lowest BCUT2D eigenvalue weighted by atomic mass is 10.00. The highest BCUT2D eigenvalue weighted by molar-refractivity contribution is 5.84. The summed E-state index contributed by atoms with van der Waals surface area (Å²) in [7, 11) is 0. The fraction of sp³-hybridized carbons (Fsp3) is 0.647. The molecule has 22 heteroatoms. The lowest BCUT2D eigenvalue weighted by Gasteiger charge is -2.41. The van der Waals surface area contributed by atoms with Crippen LogP contribution in [-0.4, -0.2) is 187 Å². The standard InChI is InChI=1S/C34H54N7O15/c1-20(26(32(51)52)9-29(48)35-12-23(45)17-42)40-7-5-39(27(33(53)54)10-30(49)36-13-24(46)18-43)6-8-41(16-22-4-2-3-21(15-40)38-22)28(34(55)56)11-31(50)37-14-25(47)19-44/h2-4,23-28,34,42-47,55H,1,5-19H2,(H,35,48)(H,36,49)(H,37,50)(H,51,52)(H,53,54)/q-1/p-2. The minimum absolute atomic E-state index is 0.138. The summed E-state index contributed by atoms with van der Waals surface area (Å²) in [6.45, 7) is -0.496. The van der Waals surface area contributed by atoms with Crippen molar-refractivity contribution in [3.05, 3.63) is 41.9 Å². The highest BCUT2D eigenvalue weighted by atomic mass is 16.5. The predicted octanol–water partition coefficient (Wildman–Crippen LogP) is -9.37. The number of rotatable bonds is 22. The monoisotopic (exact) mass is 798 g/mol. The van der Waals surface area contributed by atoms with Gasteiger partial charge in [-0.05, 0) is 18.4 Å². The fourth-order valence-electron chi connectivity index (χ4n) is 5.71. The molecular formula is C34H52N7O15-3. The maximum absolute atomic E-state index is 12.8. The Kier molecular flexibility index (Phi) is 20.7. The number of hydrogen-bond acceptors (Lipinski definition) is 19. The number of pyridine rings is 1. The lowest BCUT2D eigenvalue weighted by Crippen LogP contribution is -2.57. The van der Waals surface area contributed by atoms with Gasteiger partial charge in [0.25, 0.3) is 0 Å². The topological polar surface area (TPSA) is 355 Å². The van der Waals surface area contributed by atoms with E-state index in [1.54, 1.807) is 18.2 Å². The number of nitrogens with zero attached hydrogens (tertiary/aromatic N) is 4. The molecule has 1 aromatic rings. The van der Waals surface area contributed by atoms with Gasteiger partial charge in [0.1, 0.15) is 0 Å². The van der Waals surface area contributed by atoms with Crippen molar-refractivity contribution in [2.24, 2.45) is 5.92 Å². The Morgan fingerprint density at radius 1 is 0.696 bits per heavy atom. The summed E-state index contributed by atoms with van der Waals surface area (Å²) in [5, 5.41) is 111. The minimum atomic E-state index is -2.38. The van der Waals surface area contributed by atoms with Crippen LogP contribution in [0.1, 0.15) is 30.7 Å². The maximum atomic E-state index is 12.8. The average Bonchev–Trinajstić information content (AvgIpc) is 3.16. The molecule has 0 saturated carbocycles. The number of aliphatic hydroxyl groups excluding tert-OH is 7. The number of fused-ring (bicyclic) bond motifs is 2. The van der Waals surface area contributed by atoms with Crippen LogP contribution in [0, 0.1) is 5.92 Å². The van der Waals surface area contributed by atoms with Crippen LogP contribution in [0.2, 0.25) is 0 Å². The molecule has 7 unspecified atom stereocenters. The van der Waals surface area contributed by atoms with E-state index in [0.29, 0.717) is 11.4 Å². The summed E-state index contributed by atoms with van der Waals surface area (Å²) in [5.41, 5.74) is 0.483. The zero-order chi connectivity index (χ0) is 41.9. The molecular weight excluding hydrogens is 746 g/mol. The van der Waals surface area contributed by atoms with Crippen molar-refractivity contribution in [1.29, 1.82) is 0 Å². The zero-order valence-electron chi connectivity index (χ0n) is 30.8. The second kappa shape index (κ2) is 24.3. The van der Waals surface area contributed by atoms with Gasteiger partial charge in [-0.3, -0.25) is 29.2 Å². The van der Waals surface area contributed by atoms with Crippen LogP contribution in [0.15, 0.2) is 30.5 Å². The number of carbonyl (C=O) groups excluding carboxylic acids is 5. The summed E-state index contributed by atoms with van der Waals surface area (Å²) in [4.78, 5) is 71.8. The molecule has 0 radical (unpaired) electrons. The van der Waals surface area contributed by atoms with Gasteiger partial charge in [-0.25, -0.2) is 0 Å². The number of aliphatic hydroxyl groups is 7. The third kappa shape index (κ3) is 16.4. The first-order chi connectivity index (χ1) is 26.5. The van der Waals surface area contributed by atoms with Crippen LogP contribution in [0.3, 0.4) is 0 Å². The number of nitrogens with one attached hydrogen (secondary N) is 3. The normalized spacial score (nSPS) is 18.1. The molecule has 1 aliphatic heterocycles. The first-order valence-electron chi connectivity index (χ1n) is 17.8. The Morgan fingerprint density at radius 3 is 1.64 bits per heavy atom. The number of carbonyl (C=O) groups is 5. The van der Waals surface area contributed by atoms with Crippen LogP contribution in [0.4, 0.5) is 0 Å². The van der Waals surface area contributed by atoms with Gasteiger partial charge < -0.3 is 81.5 Å². The van der Waals surface area contributed by atoms with Crippen molar-refractivity contribution in [3.8, 4) is 0 Å². The van der Waals surface area contributed by atoms with Crippen molar-refractivity contribution in [3.63, 3.8) is 0 Å². The Bertz CT molecular complexity index is 1450. The third-order valence-corrected chi connectivity index (χ3v) is 8.92. The van der Waals surface area contributed by atoms with Crippen LogP contribution in [0.5, 0.6) is 0 Å². The van der Waals surface area contributed by atoms with Crippen molar-refractivity contribution >= 4 is 29.7 Å². The largest absolute Gasteiger partial charge is 0.830 e. The average molecular weight is 799 g/mol. The Morgan fingerprint density at radius 2 is 1.16 bits per heavy atom. The first-order valence-corrected chi connectivity index (χ1v) is 17.8. The van der Waals surface area contributed by atoms with Gasteiger partial charge in [0.15, 0.2) is 0 Å². The zero-order valence-corrected chi connectivity index (χ0v) is 30.8.